The van der Waals surface area contributed by atoms with E-state index in [1.165, 1.54) is 0 Å². The van der Waals surface area contributed by atoms with E-state index in [2.05, 4.69) is 15.9 Å². The molecule has 1 aliphatic rings. The summed E-state index contributed by atoms with van der Waals surface area (Å²) >= 11 is 3.13. The van der Waals surface area contributed by atoms with E-state index in [1.807, 2.05) is 18.2 Å². The highest BCUT2D eigenvalue weighted by Gasteiger charge is 2.24. The van der Waals surface area contributed by atoms with E-state index in [1.54, 1.807) is 11.1 Å². The van der Waals surface area contributed by atoms with E-state index < -0.39 is 0 Å². The van der Waals surface area contributed by atoms with Gasteiger partial charge in [-0.3, -0.25) is 0 Å². The second-order valence-electron chi connectivity index (χ2n) is 2.41. The number of carbonyl (C=O) groups is 1. The molecule has 2 nitrogen and oxygen atoms in total. The topological polar surface area (TPSA) is 26.3 Å². The van der Waals surface area contributed by atoms with Gasteiger partial charge in [0.25, 0.3) is 0 Å². The summed E-state index contributed by atoms with van der Waals surface area (Å²) in [6, 6.07) is 7.29. The fraction of sp³-hybridized carbons (Fsp3) is 0. The van der Waals surface area contributed by atoms with E-state index >= 15 is 0 Å². The van der Waals surface area contributed by atoms with Crippen LogP contribution in [0.15, 0.2) is 29.3 Å². The Kier molecular flexibility index (Phi) is 1.73. The van der Waals surface area contributed by atoms with Crippen LogP contribution in [-0.2, 0) is 4.74 Å². The molecule has 0 aliphatic carbocycles. The van der Waals surface area contributed by atoms with E-state index in [9.17, 15) is 4.79 Å². The summed E-state index contributed by atoms with van der Waals surface area (Å²) in [6.45, 7) is 0. The first-order chi connectivity index (χ1) is 5.83. The summed E-state index contributed by atoms with van der Waals surface area (Å²) in [7, 11) is 0. The van der Waals surface area contributed by atoms with Crippen molar-refractivity contribution in [3.63, 3.8) is 0 Å². The average molecular weight is 225 g/mol. The third kappa shape index (κ3) is 0.975. The predicted molar refractivity (Wildman–Crippen MR) is 48.8 cm³/mol. The smallest absolute Gasteiger partial charge is 0.344 e. The Morgan fingerprint density at radius 2 is 1.92 bits per heavy atom. The van der Waals surface area contributed by atoms with Crippen molar-refractivity contribution in [3.8, 4) is 0 Å². The molecule has 0 saturated carbocycles. The number of halogens is 1. The van der Waals surface area contributed by atoms with Gasteiger partial charge in [-0.25, -0.2) is 4.79 Å². The van der Waals surface area contributed by atoms with E-state index in [-0.39, 0.29) is 5.97 Å². The molecule has 0 aromatic heterocycles. The molecule has 0 unspecified atom stereocenters. The molecule has 1 heterocycles. The molecule has 0 atom stereocenters. The van der Waals surface area contributed by atoms with Crippen molar-refractivity contribution in [2.75, 3.05) is 0 Å². The normalized spacial score (nSPS) is 17.8. The number of fused-ring (bicyclic) bond motifs is 1. The Morgan fingerprint density at radius 3 is 2.58 bits per heavy atom. The molecule has 1 aromatic carbocycles. The number of carbonyl (C=O) groups excluding carboxylic acids is 1. The van der Waals surface area contributed by atoms with Gasteiger partial charge in [-0.15, -0.1) is 0 Å². The van der Waals surface area contributed by atoms with Crippen LogP contribution in [0, 0.1) is 0 Å². The van der Waals surface area contributed by atoms with Crippen LogP contribution in [0.1, 0.15) is 15.9 Å². The van der Waals surface area contributed by atoms with Crippen LogP contribution in [0.25, 0.3) is 5.76 Å². The van der Waals surface area contributed by atoms with Crippen LogP contribution in [0.4, 0.5) is 0 Å². The minimum Gasteiger partial charge on any atom is -0.422 e. The molecule has 1 aliphatic heterocycles. The number of cyclic esters (lactones) is 1. The van der Waals surface area contributed by atoms with Crippen LogP contribution in [-0.4, -0.2) is 5.97 Å². The summed E-state index contributed by atoms with van der Waals surface area (Å²) < 4.78 is 4.96. The highest BCUT2D eigenvalue weighted by Crippen LogP contribution is 2.29. The first kappa shape index (κ1) is 7.55. The van der Waals surface area contributed by atoms with Gasteiger partial charge in [0.15, 0.2) is 0 Å². The van der Waals surface area contributed by atoms with Crippen molar-refractivity contribution in [2.45, 2.75) is 0 Å². The van der Waals surface area contributed by atoms with Crippen LogP contribution < -0.4 is 0 Å². The van der Waals surface area contributed by atoms with Gasteiger partial charge in [0.05, 0.1) is 5.56 Å². The summed E-state index contributed by atoms with van der Waals surface area (Å²) in [6.07, 6.45) is 0. The van der Waals surface area contributed by atoms with Crippen molar-refractivity contribution in [2.24, 2.45) is 0 Å². The molecule has 1 aromatic rings. The maximum Gasteiger partial charge on any atom is 0.344 e. The molecular weight excluding hydrogens is 220 g/mol. The molecule has 0 bridgehead atoms. The monoisotopic (exact) mass is 224 g/mol. The molecule has 12 heavy (non-hydrogen) atoms. The molecule has 0 fully saturated rings. The standard InChI is InChI=1S/C9H5BrO2/c10-5-8-6-3-1-2-4-7(6)9(11)12-8/h1-5H/b8-5-. The molecular formula is C9H5BrO2. The fourth-order valence-corrected chi connectivity index (χ4v) is 1.51. The Morgan fingerprint density at radius 1 is 1.25 bits per heavy atom. The van der Waals surface area contributed by atoms with Gasteiger partial charge in [-0.2, -0.15) is 0 Å². The van der Waals surface area contributed by atoms with Gasteiger partial charge in [0, 0.05) is 10.5 Å². The van der Waals surface area contributed by atoms with Crippen molar-refractivity contribution in [1.29, 1.82) is 0 Å². The first-order valence-electron chi connectivity index (χ1n) is 3.45. The molecule has 0 saturated heterocycles. The summed E-state index contributed by atoms with van der Waals surface area (Å²) in [4.78, 5) is 12.8. The van der Waals surface area contributed by atoms with Crippen LogP contribution >= 0.6 is 15.9 Å². The number of rotatable bonds is 0. The largest absolute Gasteiger partial charge is 0.422 e. The number of benzene rings is 1. The van der Waals surface area contributed by atoms with Gasteiger partial charge < -0.3 is 4.74 Å². The highest BCUT2D eigenvalue weighted by atomic mass is 79.9. The molecule has 0 N–H and O–H groups in total. The second-order valence-corrected chi connectivity index (χ2v) is 2.87. The third-order valence-corrected chi connectivity index (χ3v) is 2.13. The lowest BCUT2D eigenvalue weighted by atomic mass is 10.1. The molecule has 0 spiro atoms. The highest BCUT2D eigenvalue weighted by molar-refractivity contribution is 9.11. The van der Waals surface area contributed by atoms with Gasteiger partial charge in [0.1, 0.15) is 5.76 Å². The fourth-order valence-electron chi connectivity index (χ4n) is 1.17. The Hall–Kier alpha value is -1.09. The average Bonchev–Trinajstić information content (AvgIpc) is 2.44. The zero-order valence-corrected chi connectivity index (χ0v) is 7.67. The quantitative estimate of drug-likeness (QED) is 0.634. The number of esters is 1. The Bertz CT molecular complexity index is 369. The lowest BCUT2D eigenvalue weighted by Gasteiger charge is -1.92. The van der Waals surface area contributed by atoms with Crippen LogP contribution in [0.3, 0.4) is 0 Å². The third-order valence-electron chi connectivity index (χ3n) is 1.71. The zero-order chi connectivity index (χ0) is 8.55. The lowest BCUT2D eigenvalue weighted by molar-refractivity contribution is 0.0716. The predicted octanol–water partition coefficient (Wildman–Crippen LogP) is 2.55. The minimum atomic E-state index is -0.281. The van der Waals surface area contributed by atoms with Crippen LogP contribution in [0.5, 0.6) is 0 Å². The summed E-state index contributed by atoms with van der Waals surface area (Å²) in [5, 5.41) is 0. The molecule has 60 valence electrons. The van der Waals surface area contributed by atoms with E-state index in [4.69, 9.17) is 4.74 Å². The van der Waals surface area contributed by atoms with Crippen LogP contribution in [0.2, 0.25) is 0 Å². The Balaban J connectivity index is 2.65. The number of ether oxygens (including phenoxy) is 1. The van der Waals surface area contributed by atoms with Gasteiger partial charge >= 0.3 is 5.97 Å². The Labute approximate surface area is 78.0 Å². The zero-order valence-electron chi connectivity index (χ0n) is 6.08. The molecule has 2 rings (SSSR count). The second kappa shape index (κ2) is 2.75. The van der Waals surface area contributed by atoms with Crippen molar-refractivity contribution in [1.82, 2.24) is 0 Å². The minimum absolute atomic E-state index is 0.281. The molecule has 0 radical (unpaired) electrons. The first-order valence-corrected chi connectivity index (χ1v) is 4.36. The molecule has 0 amide bonds. The number of hydrogen-bond donors (Lipinski definition) is 0. The lowest BCUT2D eigenvalue weighted by Crippen LogP contribution is -1.91. The van der Waals surface area contributed by atoms with E-state index in [0.29, 0.717) is 11.3 Å². The van der Waals surface area contributed by atoms with Crippen molar-refractivity contribution < 1.29 is 9.53 Å². The summed E-state index contributed by atoms with van der Waals surface area (Å²) in [5.74, 6) is 0.298. The summed E-state index contributed by atoms with van der Waals surface area (Å²) in [5.41, 5.74) is 1.47. The van der Waals surface area contributed by atoms with Crippen molar-refractivity contribution in [3.05, 3.63) is 40.4 Å². The molecule has 3 heteroatoms. The van der Waals surface area contributed by atoms with Crippen molar-refractivity contribution >= 4 is 27.7 Å². The maximum atomic E-state index is 11.2. The SMILES string of the molecule is O=C1O/C(=C\Br)c2ccccc21. The van der Waals surface area contributed by atoms with Gasteiger partial charge in [-0.05, 0) is 6.07 Å². The number of hydrogen-bond acceptors (Lipinski definition) is 2. The van der Waals surface area contributed by atoms with E-state index in [0.717, 1.165) is 5.56 Å². The maximum absolute atomic E-state index is 11.2. The van der Waals surface area contributed by atoms with Gasteiger partial charge in [0.2, 0.25) is 0 Å². The van der Waals surface area contributed by atoms with Gasteiger partial charge in [-0.1, -0.05) is 34.1 Å².